The summed E-state index contributed by atoms with van der Waals surface area (Å²) in [6, 6.07) is 13.1. The number of hydrogen-bond donors (Lipinski definition) is 1. The lowest BCUT2D eigenvalue weighted by Crippen LogP contribution is -2.23. The molecule has 0 aliphatic heterocycles. The summed E-state index contributed by atoms with van der Waals surface area (Å²) in [5, 5.41) is 4.07. The van der Waals surface area contributed by atoms with Crippen LogP contribution in [0.4, 0.5) is 5.69 Å². The smallest absolute Gasteiger partial charge is 0.267 e. The highest BCUT2D eigenvalue weighted by Crippen LogP contribution is 2.31. The number of hydrogen-bond acceptors (Lipinski definition) is 6. The van der Waals surface area contributed by atoms with Crippen LogP contribution >= 0.6 is 39.0 Å². The molecule has 1 N–H and O–H groups in total. The Bertz CT molecular complexity index is 1460. The fourth-order valence-electron chi connectivity index (χ4n) is 3.91. The molecule has 0 aliphatic rings. The SMILES string of the molecule is CCCc1sc2nc(SCC(=O)Nc3ccc(Br)c(C)c3)n(-c3ccc(OCC)cc3)c(=O)c2c1C. The molecule has 0 fully saturated rings. The number of nitrogens with one attached hydrogen (secondary N) is 1. The van der Waals surface area contributed by atoms with Gasteiger partial charge in [0, 0.05) is 15.0 Å². The molecule has 0 radical (unpaired) electrons. The molecule has 0 saturated carbocycles. The Kier molecular flexibility index (Phi) is 8.54. The Hall–Kier alpha value is -2.62. The fourth-order valence-corrected chi connectivity index (χ4v) is 6.29. The molecule has 36 heavy (non-hydrogen) atoms. The Morgan fingerprint density at radius 3 is 2.58 bits per heavy atom. The molecule has 0 saturated heterocycles. The van der Waals surface area contributed by atoms with Gasteiger partial charge in [0.1, 0.15) is 10.6 Å². The quantitative estimate of drug-likeness (QED) is 0.171. The number of fused-ring (bicyclic) bond motifs is 1. The van der Waals surface area contributed by atoms with E-state index in [1.807, 2.05) is 63.2 Å². The zero-order chi connectivity index (χ0) is 25.8. The summed E-state index contributed by atoms with van der Waals surface area (Å²) in [6.07, 6.45) is 1.91. The van der Waals surface area contributed by atoms with E-state index in [1.54, 1.807) is 15.9 Å². The molecule has 2 aromatic carbocycles. The maximum Gasteiger partial charge on any atom is 0.267 e. The van der Waals surface area contributed by atoms with E-state index in [0.717, 1.165) is 44.7 Å². The van der Waals surface area contributed by atoms with Crippen LogP contribution in [0, 0.1) is 13.8 Å². The molecule has 6 nitrogen and oxygen atoms in total. The van der Waals surface area contributed by atoms with Crippen LogP contribution in [0.3, 0.4) is 0 Å². The first-order chi connectivity index (χ1) is 17.3. The summed E-state index contributed by atoms with van der Waals surface area (Å²) >= 11 is 6.30. The summed E-state index contributed by atoms with van der Waals surface area (Å²) in [6.45, 7) is 8.59. The summed E-state index contributed by atoms with van der Waals surface area (Å²) < 4.78 is 8.16. The van der Waals surface area contributed by atoms with Gasteiger partial charge in [-0.2, -0.15) is 0 Å². The summed E-state index contributed by atoms with van der Waals surface area (Å²) in [4.78, 5) is 33.3. The van der Waals surface area contributed by atoms with E-state index in [1.165, 1.54) is 16.6 Å². The molecule has 1 amide bonds. The van der Waals surface area contributed by atoms with Gasteiger partial charge < -0.3 is 10.1 Å². The monoisotopic (exact) mass is 585 g/mol. The van der Waals surface area contributed by atoms with E-state index in [9.17, 15) is 9.59 Å². The number of amides is 1. The van der Waals surface area contributed by atoms with Crippen molar-refractivity contribution in [3.63, 3.8) is 0 Å². The molecule has 0 aliphatic carbocycles. The number of benzene rings is 2. The van der Waals surface area contributed by atoms with E-state index in [2.05, 4.69) is 28.2 Å². The number of nitrogens with zero attached hydrogens (tertiary/aromatic N) is 2. The highest BCUT2D eigenvalue weighted by molar-refractivity contribution is 9.10. The molecule has 9 heteroatoms. The second kappa shape index (κ2) is 11.6. The van der Waals surface area contributed by atoms with Crippen molar-refractivity contribution in [1.29, 1.82) is 0 Å². The van der Waals surface area contributed by atoms with E-state index in [0.29, 0.717) is 22.8 Å². The first-order valence-electron chi connectivity index (χ1n) is 11.8. The second-order valence-corrected chi connectivity index (χ2v) is 11.2. The number of thioether (sulfide) groups is 1. The molecular weight excluding hydrogens is 558 g/mol. The first kappa shape index (κ1) is 26.4. The van der Waals surface area contributed by atoms with Crippen LogP contribution in [0.25, 0.3) is 15.9 Å². The van der Waals surface area contributed by atoms with Crippen molar-refractivity contribution >= 4 is 60.8 Å². The third kappa shape index (κ3) is 5.68. The Morgan fingerprint density at radius 1 is 1.17 bits per heavy atom. The summed E-state index contributed by atoms with van der Waals surface area (Å²) in [7, 11) is 0. The van der Waals surface area contributed by atoms with Crippen LogP contribution in [0.2, 0.25) is 0 Å². The van der Waals surface area contributed by atoms with Crippen LogP contribution in [-0.2, 0) is 11.2 Å². The topological polar surface area (TPSA) is 73.2 Å². The van der Waals surface area contributed by atoms with Gasteiger partial charge in [0.2, 0.25) is 5.91 Å². The predicted molar refractivity (Wildman–Crippen MR) is 153 cm³/mol. The number of ether oxygens (including phenoxy) is 1. The van der Waals surface area contributed by atoms with Gasteiger partial charge in [0.25, 0.3) is 5.56 Å². The molecule has 2 heterocycles. The van der Waals surface area contributed by atoms with Crippen molar-refractivity contribution in [3.8, 4) is 11.4 Å². The minimum atomic E-state index is -0.164. The normalized spacial score (nSPS) is 11.1. The molecular formula is C27H28BrN3O3S2. The minimum Gasteiger partial charge on any atom is -0.494 e. The zero-order valence-corrected chi connectivity index (χ0v) is 23.9. The Morgan fingerprint density at radius 2 is 1.92 bits per heavy atom. The lowest BCUT2D eigenvalue weighted by Gasteiger charge is -2.13. The van der Waals surface area contributed by atoms with E-state index < -0.39 is 0 Å². The Labute approximate surface area is 227 Å². The minimum absolute atomic E-state index is 0.119. The van der Waals surface area contributed by atoms with Crippen molar-refractivity contribution in [2.24, 2.45) is 0 Å². The van der Waals surface area contributed by atoms with Crippen molar-refractivity contribution in [1.82, 2.24) is 9.55 Å². The fraction of sp³-hybridized carbons (Fsp3) is 0.296. The summed E-state index contributed by atoms with van der Waals surface area (Å²) in [5.74, 6) is 0.693. The van der Waals surface area contributed by atoms with Gasteiger partial charge in [-0.1, -0.05) is 41.0 Å². The van der Waals surface area contributed by atoms with Crippen molar-refractivity contribution in [2.75, 3.05) is 17.7 Å². The molecule has 0 spiro atoms. The second-order valence-electron chi connectivity index (χ2n) is 8.34. The standard InChI is InChI=1S/C27H28BrN3O3S2/c1-5-7-22-17(4)24-25(36-22)30-27(31(26(24)33)19-9-11-20(12-10-19)34-6-2)35-15-23(32)29-18-8-13-21(28)16(3)14-18/h8-14H,5-7,15H2,1-4H3,(H,29,32). The van der Waals surface area contributed by atoms with Crippen LogP contribution in [0.5, 0.6) is 5.75 Å². The molecule has 0 bridgehead atoms. The predicted octanol–water partition coefficient (Wildman–Crippen LogP) is 6.91. The van der Waals surface area contributed by atoms with Crippen molar-refractivity contribution < 1.29 is 9.53 Å². The van der Waals surface area contributed by atoms with E-state index in [-0.39, 0.29) is 17.2 Å². The third-order valence-electron chi connectivity index (χ3n) is 5.69. The summed E-state index contributed by atoms with van der Waals surface area (Å²) in [5.41, 5.74) is 3.33. The highest BCUT2D eigenvalue weighted by atomic mass is 79.9. The van der Waals surface area contributed by atoms with Gasteiger partial charge in [-0.25, -0.2) is 4.98 Å². The number of rotatable bonds is 9. The lowest BCUT2D eigenvalue weighted by molar-refractivity contribution is -0.113. The maximum absolute atomic E-state index is 13.8. The number of aromatic nitrogens is 2. The van der Waals surface area contributed by atoms with Crippen LogP contribution in [0.15, 0.2) is 56.9 Å². The maximum atomic E-state index is 13.8. The zero-order valence-electron chi connectivity index (χ0n) is 20.7. The molecule has 188 valence electrons. The van der Waals surface area contributed by atoms with Gasteiger partial charge in [-0.3, -0.25) is 14.2 Å². The number of aryl methyl sites for hydroxylation is 3. The van der Waals surface area contributed by atoms with E-state index in [4.69, 9.17) is 9.72 Å². The van der Waals surface area contributed by atoms with Gasteiger partial charge in [0.15, 0.2) is 5.16 Å². The molecule has 0 atom stereocenters. The third-order valence-corrected chi connectivity index (χ3v) is 8.76. The average molecular weight is 587 g/mol. The van der Waals surface area contributed by atoms with Gasteiger partial charge in [0.05, 0.1) is 23.4 Å². The number of carbonyl (C=O) groups is 1. The van der Waals surface area contributed by atoms with Gasteiger partial charge >= 0.3 is 0 Å². The van der Waals surface area contributed by atoms with Crippen LogP contribution < -0.4 is 15.6 Å². The van der Waals surface area contributed by atoms with Crippen LogP contribution in [0.1, 0.15) is 36.3 Å². The highest BCUT2D eigenvalue weighted by Gasteiger charge is 2.20. The lowest BCUT2D eigenvalue weighted by atomic mass is 10.1. The molecule has 4 aromatic rings. The molecule has 4 rings (SSSR count). The van der Waals surface area contributed by atoms with Crippen molar-refractivity contribution in [3.05, 3.63) is 73.3 Å². The Balaban J connectivity index is 1.70. The average Bonchev–Trinajstić information content (AvgIpc) is 3.16. The van der Waals surface area contributed by atoms with Crippen LogP contribution in [-0.4, -0.2) is 27.8 Å². The van der Waals surface area contributed by atoms with Gasteiger partial charge in [-0.05, 0) is 80.8 Å². The number of carbonyl (C=O) groups excluding carboxylic acids is 1. The number of halogens is 1. The van der Waals surface area contributed by atoms with Gasteiger partial charge in [-0.15, -0.1) is 11.3 Å². The number of anilines is 1. The molecule has 0 unspecified atom stereocenters. The van der Waals surface area contributed by atoms with Crippen molar-refractivity contribution in [2.45, 2.75) is 45.7 Å². The first-order valence-corrected chi connectivity index (χ1v) is 14.4. The van der Waals surface area contributed by atoms with E-state index >= 15 is 0 Å². The number of thiophene rings is 1. The molecule has 2 aromatic heterocycles. The largest absolute Gasteiger partial charge is 0.494 e.